The molecule has 0 aliphatic heterocycles. The van der Waals surface area contributed by atoms with E-state index in [9.17, 15) is 19.6 Å². The monoisotopic (exact) mass is 436 g/mol. The third kappa shape index (κ3) is 3.91. The second kappa shape index (κ2) is 8.75. The van der Waals surface area contributed by atoms with Gasteiger partial charge in [-0.1, -0.05) is 25.0 Å². The zero-order chi connectivity index (χ0) is 22.8. The Morgan fingerprint density at radius 3 is 2.69 bits per heavy atom. The Morgan fingerprint density at radius 1 is 1.25 bits per heavy atom. The van der Waals surface area contributed by atoms with E-state index in [1.807, 2.05) is 18.4 Å². The molecule has 1 fully saturated rings. The predicted octanol–water partition coefficient (Wildman–Crippen LogP) is 3.18. The SMILES string of the molecule is Cc1c(C#N)c(NC(=O)COC(=O)Cn2c(=O)oc3ccccc32)n(C2CCCC2)c1C. The largest absolute Gasteiger partial charge is 0.454 e. The van der Waals surface area contributed by atoms with Gasteiger partial charge in [0.25, 0.3) is 5.91 Å². The number of carbonyl (C=O) groups is 2. The average molecular weight is 436 g/mol. The summed E-state index contributed by atoms with van der Waals surface area (Å²) in [7, 11) is 0. The van der Waals surface area contributed by atoms with Gasteiger partial charge in [0.1, 0.15) is 18.4 Å². The number of nitrogens with one attached hydrogen (secondary N) is 1. The molecule has 0 radical (unpaired) electrons. The van der Waals surface area contributed by atoms with Crippen LogP contribution in [0.5, 0.6) is 0 Å². The number of rotatable bonds is 6. The van der Waals surface area contributed by atoms with Crippen LogP contribution in [0.3, 0.4) is 0 Å². The van der Waals surface area contributed by atoms with Crippen molar-refractivity contribution < 1.29 is 18.7 Å². The lowest BCUT2D eigenvalue weighted by Gasteiger charge is -2.19. The van der Waals surface area contributed by atoms with Crippen molar-refractivity contribution in [1.82, 2.24) is 9.13 Å². The minimum Gasteiger partial charge on any atom is -0.454 e. The zero-order valence-electron chi connectivity index (χ0n) is 18.0. The van der Waals surface area contributed by atoms with Crippen molar-refractivity contribution in [2.75, 3.05) is 11.9 Å². The highest BCUT2D eigenvalue weighted by Gasteiger charge is 2.27. The molecular formula is C23H24N4O5. The summed E-state index contributed by atoms with van der Waals surface area (Å²) >= 11 is 0. The highest BCUT2D eigenvalue weighted by Crippen LogP contribution is 2.37. The second-order valence-corrected chi connectivity index (χ2v) is 7.98. The van der Waals surface area contributed by atoms with Crippen molar-refractivity contribution >= 4 is 28.8 Å². The number of carbonyl (C=O) groups excluding carboxylic acids is 2. The normalized spacial score (nSPS) is 13.9. The molecule has 3 aromatic rings. The van der Waals surface area contributed by atoms with Crippen LogP contribution in [0.25, 0.3) is 11.1 Å². The van der Waals surface area contributed by atoms with Gasteiger partial charge in [0.05, 0.1) is 11.1 Å². The Balaban J connectivity index is 1.45. The molecule has 1 saturated carbocycles. The van der Waals surface area contributed by atoms with Gasteiger partial charge >= 0.3 is 11.7 Å². The maximum Gasteiger partial charge on any atom is 0.420 e. The van der Waals surface area contributed by atoms with E-state index in [4.69, 9.17) is 9.15 Å². The number of nitrogens with zero attached hydrogens (tertiary/aromatic N) is 3. The molecule has 2 heterocycles. The van der Waals surface area contributed by atoms with Gasteiger partial charge in [0, 0.05) is 11.7 Å². The van der Waals surface area contributed by atoms with Crippen LogP contribution in [0.1, 0.15) is 48.5 Å². The third-order valence-electron chi connectivity index (χ3n) is 6.04. The molecule has 1 N–H and O–H groups in total. The Hall–Kier alpha value is -3.80. The van der Waals surface area contributed by atoms with Crippen molar-refractivity contribution in [3.63, 3.8) is 0 Å². The quantitative estimate of drug-likeness (QED) is 0.593. The van der Waals surface area contributed by atoms with Gasteiger partial charge in [-0.2, -0.15) is 5.26 Å². The lowest BCUT2D eigenvalue weighted by atomic mass is 10.2. The predicted molar refractivity (Wildman–Crippen MR) is 116 cm³/mol. The van der Waals surface area contributed by atoms with Gasteiger partial charge in [-0.15, -0.1) is 0 Å². The molecule has 1 amide bonds. The van der Waals surface area contributed by atoms with E-state index in [-0.39, 0.29) is 12.6 Å². The maximum absolute atomic E-state index is 12.6. The van der Waals surface area contributed by atoms with Crippen LogP contribution in [0.4, 0.5) is 5.82 Å². The molecule has 32 heavy (non-hydrogen) atoms. The number of amides is 1. The number of anilines is 1. The number of para-hydroxylation sites is 2. The van der Waals surface area contributed by atoms with Crippen LogP contribution in [-0.4, -0.2) is 27.6 Å². The van der Waals surface area contributed by atoms with Crippen LogP contribution in [0, 0.1) is 25.2 Å². The molecule has 166 valence electrons. The Morgan fingerprint density at radius 2 is 1.97 bits per heavy atom. The van der Waals surface area contributed by atoms with Gasteiger partial charge in [-0.3, -0.25) is 14.2 Å². The third-order valence-corrected chi connectivity index (χ3v) is 6.04. The summed E-state index contributed by atoms with van der Waals surface area (Å²) in [4.78, 5) is 36.8. The van der Waals surface area contributed by atoms with Crippen LogP contribution < -0.4 is 11.1 Å². The summed E-state index contributed by atoms with van der Waals surface area (Å²) in [6.45, 7) is 2.91. The van der Waals surface area contributed by atoms with Crippen molar-refractivity contribution in [1.29, 1.82) is 5.26 Å². The van der Waals surface area contributed by atoms with Gasteiger partial charge in [-0.25, -0.2) is 4.79 Å². The zero-order valence-corrected chi connectivity index (χ0v) is 18.0. The number of aromatic nitrogens is 2. The van der Waals surface area contributed by atoms with Crippen molar-refractivity contribution in [2.24, 2.45) is 0 Å². The van der Waals surface area contributed by atoms with E-state index in [1.54, 1.807) is 24.3 Å². The fourth-order valence-electron chi connectivity index (χ4n) is 4.36. The molecule has 4 rings (SSSR count). The van der Waals surface area contributed by atoms with Crippen molar-refractivity contribution in [3.05, 3.63) is 51.6 Å². The van der Waals surface area contributed by atoms with E-state index in [0.29, 0.717) is 22.5 Å². The lowest BCUT2D eigenvalue weighted by Crippen LogP contribution is -2.27. The van der Waals surface area contributed by atoms with Gasteiger partial charge in [-0.05, 0) is 44.4 Å². The van der Waals surface area contributed by atoms with Crippen molar-refractivity contribution in [2.45, 2.75) is 52.1 Å². The Labute approximate surface area is 184 Å². The topological polar surface area (TPSA) is 119 Å². The molecule has 0 saturated heterocycles. The van der Waals surface area contributed by atoms with Crippen molar-refractivity contribution in [3.8, 4) is 6.07 Å². The number of hydrogen-bond donors (Lipinski definition) is 1. The first-order chi connectivity index (χ1) is 15.4. The van der Waals surface area contributed by atoms with E-state index < -0.39 is 24.2 Å². The number of oxazole rings is 1. The Kier molecular flexibility index (Phi) is 5.86. The molecule has 9 nitrogen and oxygen atoms in total. The van der Waals surface area contributed by atoms with Gasteiger partial charge in [0.15, 0.2) is 12.2 Å². The number of esters is 1. The molecule has 0 spiro atoms. The van der Waals surface area contributed by atoms with Crippen LogP contribution in [0.15, 0.2) is 33.5 Å². The summed E-state index contributed by atoms with van der Waals surface area (Å²) in [5.41, 5.74) is 3.04. The molecule has 1 aromatic carbocycles. The maximum atomic E-state index is 12.6. The molecule has 0 unspecified atom stereocenters. The number of ether oxygens (including phenoxy) is 1. The second-order valence-electron chi connectivity index (χ2n) is 7.98. The molecule has 0 atom stereocenters. The standard InChI is InChI=1S/C23H24N4O5/c1-14-15(2)27(16-7-3-4-8-16)22(17(14)11-24)25-20(28)13-31-21(29)12-26-18-9-5-6-10-19(18)32-23(26)30/h5-6,9-10,16H,3-4,7-8,12-13H2,1-2H3,(H,25,28). The van der Waals surface area contributed by atoms with E-state index >= 15 is 0 Å². The minimum atomic E-state index is -0.743. The summed E-state index contributed by atoms with van der Waals surface area (Å²) in [6.07, 6.45) is 4.20. The number of benzene rings is 1. The summed E-state index contributed by atoms with van der Waals surface area (Å²) in [5.74, 6) is -1.51. The molecule has 1 aliphatic rings. The molecule has 0 bridgehead atoms. The fourth-order valence-corrected chi connectivity index (χ4v) is 4.36. The van der Waals surface area contributed by atoms with E-state index in [0.717, 1.165) is 41.5 Å². The molecule has 2 aromatic heterocycles. The first kappa shape index (κ1) is 21.4. The summed E-state index contributed by atoms with van der Waals surface area (Å²) in [6, 6.07) is 9.14. The minimum absolute atomic E-state index is 0.231. The summed E-state index contributed by atoms with van der Waals surface area (Å²) in [5, 5.41) is 12.4. The average Bonchev–Trinajstić information content (AvgIpc) is 3.46. The molecule has 1 aliphatic carbocycles. The number of nitriles is 1. The summed E-state index contributed by atoms with van der Waals surface area (Å²) < 4.78 is 13.4. The smallest absolute Gasteiger partial charge is 0.420 e. The number of fused-ring (bicyclic) bond motifs is 1. The first-order valence-corrected chi connectivity index (χ1v) is 10.6. The van der Waals surface area contributed by atoms with Gasteiger partial charge < -0.3 is 19.0 Å². The fraction of sp³-hybridized carbons (Fsp3) is 0.391. The highest BCUT2D eigenvalue weighted by atomic mass is 16.5. The highest BCUT2D eigenvalue weighted by molar-refractivity contribution is 5.93. The van der Waals surface area contributed by atoms with Crippen LogP contribution in [-0.2, 0) is 20.9 Å². The molecule has 9 heteroatoms. The van der Waals surface area contributed by atoms with Crippen LogP contribution in [0.2, 0.25) is 0 Å². The van der Waals surface area contributed by atoms with Gasteiger partial charge in [0.2, 0.25) is 0 Å². The van der Waals surface area contributed by atoms with Crippen LogP contribution >= 0.6 is 0 Å². The van der Waals surface area contributed by atoms with E-state index in [1.165, 1.54) is 0 Å². The number of hydrogen-bond acceptors (Lipinski definition) is 6. The molecular weight excluding hydrogens is 412 g/mol. The van der Waals surface area contributed by atoms with E-state index in [2.05, 4.69) is 11.4 Å². The lowest BCUT2D eigenvalue weighted by molar-refractivity contribution is -0.147. The first-order valence-electron chi connectivity index (χ1n) is 10.6. The Bertz CT molecular complexity index is 1280.